The number of benzene rings is 6. The third kappa shape index (κ3) is 3.30. The van der Waals surface area contributed by atoms with Crippen LogP contribution in [-0.2, 0) is 25.7 Å². The van der Waals surface area contributed by atoms with Gasteiger partial charge in [-0.2, -0.15) is 0 Å². The summed E-state index contributed by atoms with van der Waals surface area (Å²) in [5.74, 6) is -0.997. The van der Waals surface area contributed by atoms with Crippen LogP contribution < -0.4 is 21.3 Å². The van der Waals surface area contributed by atoms with Crippen LogP contribution in [0.2, 0.25) is 0 Å². The highest BCUT2D eigenvalue weighted by Gasteiger charge is 2.54. The largest absolute Gasteiger partial charge is 0.398 e. The molecule has 6 aromatic carbocycles. The lowest BCUT2D eigenvalue weighted by atomic mass is 9.60. The van der Waals surface area contributed by atoms with Crippen LogP contribution in [0.3, 0.4) is 0 Å². The van der Waals surface area contributed by atoms with Gasteiger partial charge in [0, 0.05) is 60.2 Å². The fourth-order valence-corrected chi connectivity index (χ4v) is 10.9. The molecular formula is C42H40N4O2. The van der Waals surface area contributed by atoms with Crippen LogP contribution >= 0.6 is 0 Å². The van der Waals surface area contributed by atoms with E-state index < -0.39 is 24.0 Å². The molecule has 0 saturated heterocycles. The Morgan fingerprint density at radius 1 is 0.521 bits per heavy atom. The summed E-state index contributed by atoms with van der Waals surface area (Å²) in [6.07, 6.45) is 4.30. The molecule has 4 heterocycles. The summed E-state index contributed by atoms with van der Waals surface area (Å²) in [5.41, 5.74) is 25.5. The van der Waals surface area contributed by atoms with Crippen molar-refractivity contribution in [3.63, 3.8) is 0 Å². The SMILES string of the molecule is Nc1c2c3c4c(c5ccccc5cc4c1C1C(O)C(c4c(N)c5c6c7c(c8ccccc8cc47)CCN6CCC5)C1O)CCN3CCC2. The predicted octanol–water partition coefficient (Wildman–Crippen LogP) is 6.68. The number of nitrogens with zero attached hydrogens (tertiary/aromatic N) is 2. The summed E-state index contributed by atoms with van der Waals surface area (Å²) < 4.78 is 0. The standard InChI is InChI=1S/C42H40N4O2/c43-37-27-11-5-15-45-17-13-25-23-9-3-1-7-21(23)19-29(31(25)39(27)45)33(37)35-41(47)36(42(35)48)34-30-20-22-8-2-4-10-24(22)26-14-18-46-16-6-12-28(38(34)44)40(46)32(26)30/h1-4,7-10,19-20,35-36,41-42,47-48H,5-6,11-18,43-44H2. The Balaban J connectivity index is 1.15. The fraction of sp³-hybridized carbons (Fsp3) is 0.333. The summed E-state index contributed by atoms with van der Waals surface area (Å²) in [4.78, 5) is 5.05. The molecular weight excluding hydrogens is 592 g/mol. The first kappa shape index (κ1) is 27.4. The summed E-state index contributed by atoms with van der Waals surface area (Å²) >= 11 is 0. The summed E-state index contributed by atoms with van der Waals surface area (Å²) in [5, 5.41) is 34.6. The first-order chi connectivity index (χ1) is 23.5. The Hall–Kier alpha value is -4.52. The van der Waals surface area contributed by atoms with Gasteiger partial charge in [0.15, 0.2) is 0 Å². The average molecular weight is 633 g/mol. The van der Waals surface area contributed by atoms with Gasteiger partial charge in [0.1, 0.15) is 0 Å². The van der Waals surface area contributed by atoms with E-state index in [1.807, 2.05) is 0 Å². The number of hydrogen-bond donors (Lipinski definition) is 4. The van der Waals surface area contributed by atoms with Crippen LogP contribution in [0.25, 0.3) is 43.1 Å². The maximum Gasteiger partial charge on any atom is 0.0729 e. The van der Waals surface area contributed by atoms with E-state index in [1.54, 1.807) is 0 Å². The van der Waals surface area contributed by atoms with E-state index >= 15 is 0 Å². The number of nitrogen functional groups attached to an aromatic ring is 2. The summed E-state index contributed by atoms with van der Waals surface area (Å²) in [6.45, 7) is 4.08. The van der Waals surface area contributed by atoms with Crippen molar-refractivity contribution in [1.29, 1.82) is 0 Å². The van der Waals surface area contributed by atoms with Crippen LogP contribution in [0.5, 0.6) is 0 Å². The van der Waals surface area contributed by atoms with E-state index in [2.05, 4.69) is 70.5 Å². The molecule has 0 amide bonds. The number of aliphatic hydroxyl groups excluding tert-OH is 2. The van der Waals surface area contributed by atoms with Gasteiger partial charge in [0.05, 0.1) is 23.6 Å². The first-order valence-corrected chi connectivity index (χ1v) is 17.9. The molecule has 6 heteroatoms. The topological polar surface area (TPSA) is 99.0 Å². The van der Waals surface area contributed by atoms with E-state index in [4.69, 9.17) is 11.5 Å². The first-order valence-electron chi connectivity index (χ1n) is 17.9. The number of anilines is 4. The monoisotopic (exact) mass is 632 g/mol. The molecule has 0 bridgehead atoms. The number of aliphatic hydroxyl groups is 2. The molecule has 0 spiro atoms. The number of hydrogen-bond acceptors (Lipinski definition) is 6. The van der Waals surface area contributed by atoms with E-state index in [0.717, 1.165) is 98.0 Å². The molecule has 4 aliphatic heterocycles. The Morgan fingerprint density at radius 3 is 1.42 bits per heavy atom. The van der Waals surface area contributed by atoms with Gasteiger partial charge in [0.2, 0.25) is 0 Å². The molecule has 1 fully saturated rings. The van der Waals surface area contributed by atoms with Gasteiger partial charge in [-0.05, 0) is 116 Å². The minimum atomic E-state index is -0.817. The zero-order valence-electron chi connectivity index (χ0n) is 27.1. The van der Waals surface area contributed by atoms with E-state index in [1.165, 1.54) is 65.9 Å². The summed E-state index contributed by atoms with van der Waals surface area (Å²) in [7, 11) is 0. The average Bonchev–Trinajstić information content (AvgIpc) is 3.13. The Morgan fingerprint density at radius 2 is 0.958 bits per heavy atom. The van der Waals surface area contributed by atoms with Crippen LogP contribution in [0.15, 0.2) is 60.7 Å². The number of rotatable bonds is 2. The molecule has 0 unspecified atom stereocenters. The van der Waals surface area contributed by atoms with Gasteiger partial charge >= 0.3 is 0 Å². The lowest BCUT2D eigenvalue weighted by molar-refractivity contribution is -0.0771. The quantitative estimate of drug-likeness (QED) is 0.126. The highest BCUT2D eigenvalue weighted by molar-refractivity contribution is 6.15. The maximum absolute atomic E-state index is 12.4. The van der Waals surface area contributed by atoms with Crippen molar-refractivity contribution in [2.24, 2.45) is 0 Å². The minimum absolute atomic E-state index is 0.499. The Labute approximate surface area is 279 Å². The molecule has 0 aromatic heterocycles. The molecule has 6 N–H and O–H groups in total. The Kier molecular flexibility index (Phi) is 5.46. The minimum Gasteiger partial charge on any atom is -0.398 e. The van der Waals surface area contributed by atoms with Gasteiger partial charge in [-0.1, -0.05) is 48.5 Å². The molecule has 11 rings (SSSR count). The Bertz CT molecular complexity index is 2240. The molecule has 1 saturated carbocycles. The van der Waals surface area contributed by atoms with E-state index in [9.17, 15) is 10.2 Å². The molecule has 6 nitrogen and oxygen atoms in total. The van der Waals surface area contributed by atoms with Gasteiger partial charge in [0.25, 0.3) is 0 Å². The van der Waals surface area contributed by atoms with Crippen molar-refractivity contribution >= 4 is 65.8 Å². The zero-order chi connectivity index (χ0) is 32.0. The lowest BCUT2D eigenvalue weighted by Crippen LogP contribution is -2.52. The smallest absolute Gasteiger partial charge is 0.0729 e. The van der Waals surface area contributed by atoms with Crippen molar-refractivity contribution in [1.82, 2.24) is 0 Å². The van der Waals surface area contributed by atoms with Crippen LogP contribution in [0.1, 0.15) is 58.1 Å². The molecule has 6 aromatic rings. The molecule has 1 aliphatic carbocycles. The van der Waals surface area contributed by atoms with Crippen LogP contribution in [0.4, 0.5) is 22.7 Å². The fourth-order valence-electron chi connectivity index (χ4n) is 10.9. The van der Waals surface area contributed by atoms with Crippen molar-refractivity contribution in [3.05, 3.63) is 94.0 Å². The van der Waals surface area contributed by atoms with E-state index in [0.29, 0.717) is 0 Å². The van der Waals surface area contributed by atoms with Gasteiger partial charge in [-0.3, -0.25) is 0 Å². The molecule has 0 atom stereocenters. The third-order valence-corrected chi connectivity index (χ3v) is 12.9. The van der Waals surface area contributed by atoms with E-state index in [-0.39, 0.29) is 0 Å². The molecule has 240 valence electrons. The van der Waals surface area contributed by atoms with Crippen molar-refractivity contribution in [2.75, 3.05) is 47.4 Å². The summed E-state index contributed by atoms with van der Waals surface area (Å²) in [6, 6.07) is 21.8. The van der Waals surface area contributed by atoms with Crippen molar-refractivity contribution < 1.29 is 10.2 Å². The molecule has 5 aliphatic rings. The van der Waals surface area contributed by atoms with Crippen LogP contribution in [-0.4, -0.2) is 48.6 Å². The zero-order valence-corrected chi connectivity index (χ0v) is 27.1. The predicted molar refractivity (Wildman–Crippen MR) is 198 cm³/mol. The highest BCUT2D eigenvalue weighted by Crippen LogP contribution is 2.59. The molecule has 0 radical (unpaired) electrons. The maximum atomic E-state index is 12.4. The normalized spacial score (nSPS) is 24.1. The van der Waals surface area contributed by atoms with Crippen molar-refractivity contribution in [2.45, 2.75) is 62.6 Å². The second kappa shape index (κ2) is 9.55. The second-order valence-corrected chi connectivity index (χ2v) is 15.0. The third-order valence-electron chi connectivity index (χ3n) is 12.9. The lowest BCUT2D eigenvalue weighted by Gasteiger charge is -2.50. The number of fused-ring (bicyclic) bond motifs is 4. The van der Waals surface area contributed by atoms with Crippen LogP contribution in [0, 0.1) is 0 Å². The molecule has 48 heavy (non-hydrogen) atoms. The van der Waals surface area contributed by atoms with Gasteiger partial charge in [-0.15, -0.1) is 0 Å². The van der Waals surface area contributed by atoms with Gasteiger partial charge in [-0.25, -0.2) is 0 Å². The number of nitrogens with two attached hydrogens (primary N) is 2. The second-order valence-electron chi connectivity index (χ2n) is 15.0. The van der Waals surface area contributed by atoms with Crippen molar-refractivity contribution in [3.8, 4) is 0 Å². The van der Waals surface area contributed by atoms with Gasteiger partial charge < -0.3 is 31.5 Å². The highest BCUT2D eigenvalue weighted by atomic mass is 16.3.